The lowest BCUT2D eigenvalue weighted by molar-refractivity contribution is -0.325. The van der Waals surface area contributed by atoms with E-state index in [9.17, 15) is 5.11 Å². The standard InChI is InChI=1S/C33H33N5O5S/c1-31(41-20-23-14-8-4-9-15-23)32(42-21-24-16-10-5-11-17-24)26(40-19-22-12-6-3-7-13-22)27(32)43-33(31,39)25-18-35-29-28(34)36-30(44-2)37-38(25)29/h3-18,26-27,39H,19-21H2,1-2H3,(H2,34,36,37)/t26?,27-,31-,32-,33?/m1/s1. The van der Waals surface area contributed by atoms with Gasteiger partial charge in [-0.2, -0.15) is 0 Å². The highest BCUT2D eigenvalue weighted by Gasteiger charge is 2.90. The van der Waals surface area contributed by atoms with E-state index < -0.39 is 29.2 Å². The first-order chi connectivity index (χ1) is 21.4. The second-order valence-electron chi connectivity index (χ2n) is 11.1. The van der Waals surface area contributed by atoms with Gasteiger partial charge in [0.2, 0.25) is 10.9 Å². The molecule has 10 nitrogen and oxygen atoms in total. The van der Waals surface area contributed by atoms with E-state index in [0.717, 1.165) is 16.7 Å². The summed E-state index contributed by atoms with van der Waals surface area (Å²) in [6.07, 6.45) is 2.16. The van der Waals surface area contributed by atoms with Gasteiger partial charge in [-0.3, -0.25) is 0 Å². The first-order valence-electron chi connectivity index (χ1n) is 14.4. The number of rotatable bonds is 11. The van der Waals surface area contributed by atoms with Crippen molar-refractivity contribution in [3.05, 3.63) is 120 Å². The molecule has 2 fully saturated rings. The summed E-state index contributed by atoms with van der Waals surface area (Å²) in [7, 11) is 0. The van der Waals surface area contributed by atoms with E-state index in [1.807, 2.05) is 104 Å². The van der Waals surface area contributed by atoms with Gasteiger partial charge in [-0.25, -0.2) is 14.5 Å². The number of anilines is 1. The van der Waals surface area contributed by atoms with Crippen molar-refractivity contribution in [3.8, 4) is 0 Å². The number of imidazole rings is 1. The van der Waals surface area contributed by atoms with Gasteiger partial charge in [-0.05, 0) is 29.9 Å². The van der Waals surface area contributed by atoms with Gasteiger partial charge in [0.05, 0.1) is 26.0 Å². The molecule has 0 amide bonds. The Morgan fingerprint density at radius 2 is 1.45 bits per heavy atom. The molecule has 0 bridgehead atoms. The van der Waals surface area contributed by atoms with Crippen molar-refractivity contribution >= 4 is 23.2 Å². The summed E-state index contributed by atoms with van der Waals surface area (Å²) in [5.74, 6) is -1.86. The second kappa shape index (κ2) is 11.3. The van der Waals surface area contributed by atoms with Crippen LogP contribution in [0.15, 0.2) is 102 Å². The number of hydrogen-bond donors (Lipinski definition) is 2. The molecule has 2 aliphatic rings. The SMILES string of the molecule is CSc1nc(N)c2ncc(C3(O)O[C@@H]4C(OCc5ccccc5)[C@]4(OCc4ccccc4)[C@@]3(C)OCc3ccccc3)n2n1. The highest BCUT2D eigenvalue weighted by atomic mass is 32.2. The van der Waals surface area contributed by atoms with E-state index in [4.69, 9.17) is 24.7 Å². The van der Waals surface area contributed by atoms with Crippen LogP contribution in [0.2, 0.25) is 0 Å². The quantitative estimate of drug-likeness (QED) is 0.206. The third kappa shape index (κ3) is 4.59. The van der Waals surface area contributed by atoms with E-state index in [1.54, 1.807) is 0 Å². The zero-order valence-corrected chi connectivity index (χ0v) is 25.2. The van der Waals surface area contributed by atoms with Gasteiger partial charge in [0, 0.05) is 0 Å². The Bertz CT molecular complexity index is 1760. The molecule has 3 heterocycles. The number of nitrogens with two attached hydrogens (primary N) is 1. The Kier molecular flexibility index (Phi) is 7.40. The maximum Gasteiger partial charge on any atom is 0.245 e. The molecule has 7 rings (SSSR count). The largest absolute Gasteiger partial charge is 0.380 e. The number of thioether (sulfide) groups is 1. The monoisotopic (exact) mass is 611 g/mol. The minimum absolute atomic E-state index is 0.182. The molecule has 0 spiro atoms. The zero-order chi connectivity index (χ0) is 30.4. The van der Waals surface area contributed by atoms with Crippen molar-refractivity contribution in [2.45, 2.75) is 61.1 Å². The number of aromatic nitrogens is 4. The Labute approximate surface area is 259 Å². The van der Waals surface area contributed by atoms with E-state index in [-0.39, 0.29) is 24.7 Å². The van der Waals surface area contributed by atoms with Crippen LogP contribution in [0.3, 0.4) is 0 Å². The van der Waals surface area contributed by atoms with Gasteiger partial charge in [-0.15, -0.1) is 5.10 Å². The molecule has 3 aromatic carbocycles. The predicted molar refractivity (Wildman–Crippen MR) is 164 cm³/mol. The zero-order valence-electron chi connectivity index (χ0n) is 24.4. The van der Waals surface area contributed by atoms with Gasteiger partial charge in [0.1, 0.15) is 17.9 Å². The van der Waals surface area contributed by atoms with Gasteiger partial charge < -0.3 is 29.8 Å². The van der Waals surface area contributed by atoms with Crippen LogP contribution in [0.5, 0.6) is 0 Å². The number of benzene rings is 3. The highest BCUT2D eigenvalue weighted by Crippen LogP contribution is 2.67. The summed E-state index contributed by atoms with van der Waals surface area (Å²) >= 11 is 1.33. The highest BCUT2D eigenvalue weighted by molar-refractivity contribution is 7.98. The summed E-state index contributed by atoms with van der Waals surface area (Å²) < 4.78 is 28.1. The van der Waals surface area contributed by atoms with Gasteiger partial charge in [-0.1, -0.05) is 103 Å². The summed E-state index contributed by atoms with van der Waals surface area (Å²) in [5.41, 5.74) is 7.01. The average molecular weight is 612 g/mol. The smallest absolute Gasteiger partial charge is 0.245 e. The minimum Gasteiger partial charge on any atom is -0.380 e. The van der Waals surface area contributed by atoms with E-state index in [1.165, 1.54) is 22.5 Å². The predicted octanol–water partition coefficient (Wildman–Crippen LogP) is 4.50. The van der Waals surface area contributed by atoms with Crippen LogP contribution in [-0.4, -0.2) is 54.4 Å². The molecule has 226 valence electrons. The Hall–Kier alpha value is -3.84. The minimum atomic E-state index is -2.05. The van der Waals surface area contributed by atoms with Crippen molar-refractivity contribution in [2.75, 3.05) is 12.0 Å². The van der Waals surface area contributed by atoms with Crippen LogP contribution in [0.25, 0.3) is 5.65 Å². The number of nitrogens with zero attached hydrogens (tertiary/aromatic N) is 4. The first kappa shape index (κ1) is 28.9. The van der Waals surface area contributed by atoms with Crippen LogP contribution in [0, 0.1) is 0 Å². The van der Waals surface area contributed by atoms with Crippen molar-refractivity contribution < 1.29 is 24.1 Å². The topological polar surface area (TPSA) is 126 Å². The van der Waals surface area contributed by atoms with E-state index in [0.29, 0.717) is 17.4 Å². The third-order valence-electron chi connectivity index (χ3n) is 8.56. The molecule has 0 radical (unpaired) electrons. The first-order valence-corrected chi connectivity index (χ1v) is 15.6. The molecule has 1 saturated heterocycles. The van der Waals surface area contributed by atoms with Crippen LogP contribution >= 0.6 is 11.8 Å². The lowest BCUT2D eigenvalue weighted by Crippen LogP contribution is -2.60. The summed E-state index contributed by atoms with van der Waals surface area (Å²) in [6.45, 7) is 2.59. The summed E-state index contributed by atoms with van der Waals surface area (Å²) in [5, 5.41) is 17.7. The molecule has 5 aromatic rings. The van der Waals surface area contributed by atoms with E-state index in [2.05, 4.69) is 15.1 Å². The Morgan fingerprint density at radius 3 is 2.05 bits per heavy atom. The molecule has 1 aliphatic carbocycles. The van der Waals surface area contributed by atoms with Crippen molar-refractivity contribution in [2.24, 2.45) is 0 Å². The second-order valence-corrected chi connectivity index (χ2v) is 11.9. The molecule has 2 aromatic heterocycles. The fraction of sp³-hybridized carbons (Fsp3) is 0.303. The van der Waals surface area contributed by atoms with Crippen LogP contribution in [0.4, 0.5) is 5.82 Å². The van der Waals surface area contributed by atoms with Crippen LogP contribution < -0.4 is 5.73 Å². The van der Waals surface area contributed by atoms with Crippen molar-refractivity contribution in [1.82, 2.24) is 19.6 Å². The number of fused-ring (bicyclic) bond motifs is 2. The number of hydrogen-bond acceptors (Lipinski definition) is 10. The van der Waals surface area contributed by atoms with Gasteiger partial charge >= 0.3 is 0 Å². The molecule has 2 unspecified atom stereocenters. The lowest BCUT2D eigenvalue weighted by Gasteiger charge is -2.44. The van der Waals surface area contributed by atoms with Crippen molar-refractivity contribution in [3.63, 3.8) is 0 Å². The molecular weight excluding hydrogens is 578 g/mol. The molecule has 11 heteroatoms. The fourth-order valence-corrected chi connectivity index (χ4v) is 6.48. The van der Waals surface area contributed by atoms with Crippen LogP contribution in [0.1, 0.15) is 29.3 Å². The Morgan fingerprint density at radius 1 is 0.886 bits per heavy atom. The summed E-state index contributed by atoms with van der Waals surface area (Å²) in [6, 6.07) is 29.5. The lowest BCUT2D eigenvalue weighted by atomic mass is 9.85. The maximum absolute atomic E-state index is 12.7. The molecule has 3 N–H and O–H groups in total. The van der Waals surface area contributed by atoms with Gasteiger partial charge in [0.15, 0.2) is 22.7 Å². The fourth-order valence-electron chi connectivity index (χ4n) is 6.13. The third-order valence-corrected chi connectivity index (χ3v) is 9.10. The molecule has 1 saturated carbocycles. The molecule has 44 heavy (non-hydrogen) atoms. The molecule has 1 aliphatic heterocycles. The number of aliphatic hydroxyl groups is 1. The average Bonchev–Trinajstić information content (AvgIpc) is 3.33. The van der Waals surface area contributed by atoms with Crippen LogP contribution in [-0.2, 0) is 44.6 Å². The normalized spacial score (nSPS) is 27.4. The summed E-state index contributed by atoms with van der Waals surface area (Å²) in [4.78, 5) is 8.76. The molecular formula is C33H33N5O5S. The number of nitrogen functional groups attached to an aromatic ring is 1. The number of ether oxygens (including phenoxy) is 4. The molecule has 5 atom stereocenters. The van der Waals surface area contributed by atoms with E-state index >= 15 is 0 Å². The van der Waals surface area contributed by atoms with Crippen molar-refractivity contribution in [1.29, 1.82) is 0 Å². The van der Waals surface area contributed by atoms with Gasteiger partial charge in [0.25, 0.3) is 0 Å². The Balaban J connectivity index is 1.32. The maximum atomic E-state index is 12.7.